The summed E-state index contributed by atoms with van der Waals surface area (Å²) in [5.41, 5.74) is 16.2. The minimum atomic E-state index is 1.07. The van der Waals surface area contributed by atoms with E-state index in [0.717, 1.165) is 34.1 Å². The van der Waals surface area contributed by atoms with Gasteiger partial charge in [-0.2, -0.15) is 0 Å². The molecule has 0 aromatic heterocycles. The van der Waals surface area contributed by atoms with Crippen LogP contribution in [0.15, 0.2) is 291 Å². The molecular formula is C70H48N2. The van der Waals surface area contributed by atoms with Crippen molar-refractivity contribution in [2.45, 2.75) is 0 Å². The molecule has 0 amide bonds. The molecule has 0 aliphatic heterocycles. The molecule has 338 valence electrons. The average molecular weight is 917 g/mol. The van der Waals surface area contributed by atoms with Gasteiger partial charge in [0.05, 0.1) is 0 Å². The maximum absolute atomic E-state index is 2.36. The van der Waals surface area contributed by atoms with Crippen molar-refractivity contribution in [3.8, 4) is 44.5 Å². The maximum atomic E-state index is 2.36. The number of hydrogen-bond acceptors (Lipinski definition) is 2. The number of para-hydroxylation sites is 1. The minimum Gasteiger partial charge on any atom is -0.311 e. The van der Waals surface area contributed by atoms with Gasteiger partial charge in [0.15, 0.2) is 0 Å². The first-order chi connectivity index (χ1) is 35.7. The minimum absolute atomic E-state index is 1.07. The first kappa shape index (κ1) is 42.6. The summed E-state index contributed by atoms with van der Waals surface area (Å²) in [5.74, 6) is 0. The summed E-state index contributed by atoms with van der Waals surface area (Å²) >= 11 is 0. The van der Waals surface area contributed by atoms with Crippen molar-refractivity contribution in [3.05, 3.63) is 291 Å². The predicted molar refractivity (Wildman–Crippen MR) is 308 cm³/mol. The van der Waals surface area contributed by atoms with E-state index in [1.54, 1.807) is 0 Å². The molecule has 0 aliphatic carbocycles. The quantitative estimate of drug-likeness (QED) is 0.126. The van der Waals surface area contributed by atoms with Crippen molar-refractivity contribution in [2.24, 2.45) is 0 Å². The van der Waals surface area contributed by atoms with Crippen LogP contribution in [-0.2, 0) is 0 Å². The fourth-order valence-electron chi connectivity index (χ4n) is 10.7. The number of nitrogens with zero attached hydrogens (tertiary/aromatic N) is 2. The lowest BCUT2D eigenvalue weighted by molar-refractivity contribution is 1.26. The molecule has 0 bridgehead atoms. The van der Waals surface area contributed by atoms with Crippen LogP contribution < -0.4 is 9.80 Å². The van der Waals surface area contributed by atoms with E-state index in [0.29, 0.717) is 0 Å². The molecule has 0 spiro atoms. The van der Waals surface area contributed by atoms with Crippen LogP contribution >= 0.6 is 0 Å². The second-order valence-corrected chi connectivity index (χ2v) is 18.5. The third kappa shape index (κ3) is 7.92. The number of fused-ring (bicyclic) bond motifs is 4. The van der Waals surface area contributed by atoms with Gasteiger partial charge in [-0.3, -0.25) is 0 Å². The average Bonchev–Trinajstić information content (AvgIpc) is 3.46. The first-order valence-electron chi connectivity index (χ1n) is 24.7. The Morgan fingerprint density at radius 2 is 0.431 bits per heavy atom. The molecule has 0 aliphatic rings. The van der Waals surface area contributed by atoms with Crippen LogP contribution in [0.4, 0.5) is 34.1 Å². The van der Waals surface area contributed by atoms with Crippen molar-refractivity contribution in [1.82, 2.24) is 0 Å². The van der Waals surface area contributed by atoms with E-state index in [4.69, 9.17) is 0 Å². The second-order valence-electron chi connectivity index (χ2n) is 18.5. The Labute approximate surface area is 420 Å². The second kappa shape index (κ2) is 18.4. The Hall–Kier alpha value is -9.50. The Morgan fingerprint density at radius 1 is 0.167 bits per heavy atom. The van der Waals surface area contributed by atoms with E-state index in [2.05, 4.69) is 301 Å². The van der Waals surface area contributed by atoms with Crippen molar-refractivity contribution in [1.29, 1.82) is 0 Å². The van der Waals surface area contributed by atoms with E-state index in [1.807, 2.05) is 0 Å². The maximum Gasteiger partial charge on any atom is 0.0463 e. The van der Waals surface area contributed by atoms with Crippen molar-refractivity contribution in [3.63, 3.8) is 0 Å². The lowest BCUT2D eigenvalue weighted by atomic mass is 9.86. The Bertz CT molecular complexity index is 3870. The fourth-order valence-corrected chi connectivity index (χ4v) is 10.7. The van der Waals surface area contributed by atoms with Gasteiger partial charge in [-0.05, 0) is 173 Å². The number of hydrogen-bond donors (Lipinski definition) is 0. The highest BCUT2D eigenvalue weighted by atomic mass is 15.2. The standard InChI is InChI=1S/C70H48N2/c1-3-17-53(18-4-1)69-65-23-11-13-25-67(65)70(68-26-14-12-24-66(68)69)54-35-41-62(42-36-54)71(59-21-5-2-6-22-59)63-43-45-64(46-44-63)72(60-37-31-51(32-38-60)57-29-27-49-15-7-9-19-55(49)47-57)61-39-33-52(34-40-61)58-30-28-50-16-8-10-20-56(50)48-58/h1-48H. The lowest BCUT2D eigenvalue weighted by Crippen LogP contribution is -2.12. The molecule has 0 radical (unpaired) electrons. The Morgan fingerprint density at radius 3 is 0.819 bits per heavy atom. The van der Waals surface area contributed by atoms with Gasteiger partial charge in [-0.15, -0.1) is 0 Å². The SMILES string of the molecule is c1ccc(-c2c3ccccc3c(-c3ccc(N(c4ccccc4)c4ccc(N(c5ccc(-c6ccc7ccccc7c6)cc5)c5ccc(-c6ccc7ccccc7c6)cc5)cc4)cc3)c3ccccc23)cc1. The molecule has 13 rings (SSSR count). The molecule has 0 saturated carbocycles. The van der Waals surface area contributed by atoms with Gasteiger partial charge in [0.2, 0.25) is 0 Å². The zero-order valence-corrected chi connectivity index (χ0v) is 39.6. The summed E-state index contributed by atoms with van der Waals surface area (Å²) in [6, 6.07) is 106. The van der Waals surface area contributed by atoms with Gasteiger partial charge in [0.1, 0.15) is 0 Å². The molecular weight excluding hydrogens is 869 g/mol. The van der Waals surface area contributed by atoms with Crippen molar-refractivity contribution >= 4 is 77.2 Å². The molecule has 0 fully saturated rings. The topological polar surface area (TPSA) is 6.48 Å². The van der Waals surface area contributed by atoms with Crippen LogP contribution in [0.3, 0.4) is 0 Å². The molecule has 13 aromatic rings. The zero-order valence-electron chi connectivity index (χ0n) is 39.6. The van der Waals surface area contributed by atoms with Crippen molar-refractivity contribution in [2.75, 3.05) is 9.80 Å². The Balaban J connectivity index is 0.877. The first-order valence-corrected chi connectivity index (χ1v) is 24.7. The predicted octanol–water partition coefficient (Wildman–Crippen LogP) is 19.9. The van der Waals surface area contributed by atoms with Gasteiger partial charge < -0.3 is 9.80 Å². The third-order valence-electron chi connectivity index (χ3n) is 14.2. The fraction of sp³-hybridized carbons (Fsp3) is 0. The third-order valence-corrected chi connectivity index (χ3v) is 14.2. The molecule has 0 atom stereocenters. The summed E-state index contributed by atoms with van der Waals surface area (Å²) in [6.45, 7) is 0. The van der Waals surface area contributed by atoms with Gasteiger partial charge in [-0.1, -0.05) is 206 Å². The van der Waals surface area contributed by atoms with E-state index in [1.165, 1.54) is 87.6 Å². The lowest BCUT2D eigenvalue weighted by Gasteiger charge is -2.28. The summed E-state index contributed by atoms with van der Waals surface area (Å²) in [7, 11) is 0. The smallest absolute Gasteiger partial charge is 0.0463 e. The van der Waals surface area contributed by atoms with Gasteiger partial charge in [0, 0.05) is 34.1 Å². The molecule has 0 saturated heterocycles. The number of benzene rings is 13. The molecule has 0 N–H and O–H groups in total. The summed E-state index contributed by atoms with van der Waals surface area (Å²) in [6.07, 6.45) is 0. The highest BCUT2D eigenvalue weighted by Crippen LogP contribution is 2.45. The highest BCUT2D eigenvalue weighted by Gasteiger charge is 2.20. The van der Waals surface area contributed by atoms with Crippen LogP contribution in [0.2, 0.25) is 0 Å². The van der Waals surface area contributed by atoms with Crippen LogP contribution in [0, 0.1) is 0 Å². The van der Waals surface area contributed by atoms with Crippen LogP contribution in [0.1, 0.15) is 0 Å². The van der Waals surface area contributed by atoms with E-state index in [-0.39, 0.29) is 0 Å². The Kier molecular flexibility index (Phi) is 10.9. The van der Waals surface area contributed by atoms with E-state index < -0.39 is 0 Å². The summed E-state index contributed by atoms with van der Waals surface area (Å²) in [4.78, 5) is 4.71. The van der Waals surface area contributed by atoms with Crippen LogP contribution in [0.5, 0.6) is 0 Å². The molecule has 2 heteroatoms. The summed E-state index contributed by atoms with van der Waals surface area (Å²) < 4.78 is 0. The molecule has 2 nitrogen and oxygen atoms in total. The van der Waals surface area contributed by atoms with Crippen molar-refractivity contribution < 1.29 is 0 Å². The largest absolute Gasteiger partial charge is 0.311 e. The molecule has 13 aromatic carbocycles. The van der Waals surface area contributed by atoms with Gasteiger partial charge >= 0.3 is 0 Å². The summed E-state index contributed by atoms with van der Waals surface area (Å²) in [5, 5.41) is 9.97. The zero-order chi connectivity index (χ0) is 47.8. The van der Waals surface area contributed by atoms with Crippen LogP contribution in [0.25, 0.3) is 87.6 Å². The molecule has 0 heterocycles. The number of rotatable bonds is 10. The monoisotopic (exact) mass is 916 g/mol. The van der Waals surface area contributed by atoms with Crippen LogP contribution in [-0.4, -0.2) is 0 Å². The molecule has 72 heavy (non-hydrogen) atoms. The van der Waals surface area contributed by atoms with E-state index in [9.17, 15) is 0 Å². The highest BCUT2D eigenvalue weighted by molar-refractivity contribution is 6.21. The van der Waals surface area contributed by atoms with Gasteiger partial charge in [-0.25, -0.2) is 0 Å². The van der Waals surface area contributed by atoms with E-state index >= 15 is 0 Å². The number of anilines is 6. The van der Waals surface area contributed by atoms with Gasteiger partial charge in [0.25, 0.3) is 0 Å². The normalized spacial score (nSPS) is 11.3. The molecule has 0 unspecified atom stereocenters.